The maximum absolute atomic E-state index is 12.7. The molecule has 0 aromatic heterocycles. The van der Waals surface area contributed by atoms with Crippen LogP contribution in [0.5, 0.6) is 5.75 Å². The van der Waals surface area contributed by atoms with Crippen LogP contribution in [0, 0.1) is 0 Å². The van der Waals surface area contributed by atoms with Gasteiger partial charge in [0.25, 0.3) is 0 Å². The predicted octanol–water partition coefficient (Wildman–Crippen LogP) is 4.24. The number of ether oxygens (including phenoxy) is 1. The van der Waals surface area contributed by atoms with Gasteiger partial charge in [0.05, 0.1) is 18.1 Å². The van der Waals surface area contributed by atoms with E-state index in [9.17, 15) is 4.79 Å². The molecule has 3 nitrogen and oxygen atoms in total. The van der Waals surface area contributed by atoms with E-state index in [0.717, 1.165) is 16.9 Å². The van der Waals surface area contributed by atoms with Crippen LogP contribution in [-0.2, 0) is 10.2 Å². The zero-order valence-corrected chi connectivity index (χ0v) is 14.3. The lowest BCUT2D eigenvalue weighted by atomic mass is 9.83. The van der Waals surface area contributed by atoms with Crippen LogP contribution in [-0.4, -0.2) is 12.5 Å². The van der Waals surface area contributed by atoms with E-state index >= 15 is 0 Å². The fourth-order valence-electron chi connectivity index (χ4n) is 2.47. The van der Waals surface area contributed by atoms with Crippen molar-refractivity contribution in [3.63, 3.8) is 0 Å². The second kappa shape index (κ2) is 7.32. The molecule has 0 radical (unpaired) electrons. The Morgan fingerprint density at radius 3 is 2.26 bits per heavy atom. The average Bonchev–Trinajstić information content (AvgIpc) is 2.56. The van der Waals surface area contributed by atoms with E-state index in [4.69, 9.17) is 4.74 Å². The quantitative estimate of drug-likeness (QED) is 0.866. The Morgan fingerprint density at radius 2 is 1.70 bits per heavy atom. The third kappa shape index (κ3) is 4.13. The van der Waals surface area contributed by atoms with E-state index in [-0.39, 0.29) is 11.9 Å². The minimum atomic E-state index is -0.569. The molecule has 0 saturated carbocycles. The maximum atomic E-state index is 12.7. The summed E-state index contributed by atoms with van der Waals surface area (Å²) in [5, 5.41) is 3.11. The molecule has 23 heavy (non-hydrogen) atoms. The number of hydrogen-bond donors (Lipinski definition) is 1. The van der Waals surface area contributed by atoms with Crippen LogP contribution in [0.3, 0.4) is 0 Å². The van der Waals surface area contributed by atoms with Crippen molar-refractivity contribution in [1.29, 1.82) is 0 Å². The fraction of sp³-hybridized carbons (Fsp3) is 0.350. The molecule has 0 aliphatic rings. The number of hydrogen-bond acceptors (Lipinski definition) is 2. The van der Waals surface area contributed by atoms with Gasteiger partial charge >= 0.3 is 0 Å². The predicted molar refractivity (Wildman–Crippen MR) is 93.6 cm³/mol. The second-order valence-corrected chi connectivity index (χ2v) is 6.19. The summed E-state index contributed by atoms with van der Waals surface area (Å²) in [5.41, 5.74) is 1.50. The van der Waals surface area contributed by atoms with E-state index in [1.807, 2.05) is 82.3 Å². The first kappa shape index (κ1) is 17.1. The van der Waals surface area contributed by atoms with Crippen LogP contribution in [0.2, 0.25) is 0 Å². The monoisotopic (exact) mass is 311 g/mol. The number of carbonyl (C=O) groups is 1. The van der Waals surface area contributed by atoms with Crippen LogP contribution in [0.15, 0.2) is 54.6 Å². The van der Waals surface area contributed by atoms with E-state index < -0.39 is 5.41 Å². The molecule has 0 saturated heterocycles. The Kier molecular flexibility index (Phi) is 5.43. The lowest BCUT2D eigenvalue weighted by Gasteiger charge is -2.26. The van der Waals surface area contributed by atoms with Gasteiger partial charge in [0.1, 0.15) is 5.75 Å². The molecule has 0 aliphatic carbocycles. The Morgan fingerprint density at radius 1 is 1.09 bits per heavy atom. The van der Waals surface area contributed by atoms with Gasteiger partial charge in [0.15, 0.2) is 0 Å². The summed E-state index contributed by atoms with van der Waals surface area (Å²) in [6.45, 7) is 8.50. The Balaban J connectivity index is 2.07. The summed E-state index contributed by atoms with van der Waals surface area (Å²) in [7, 11) is 0. The lowest BCUT2D eigenvalue weighted by molar-refractivity contribution is -0.126. The van der Waals surface area contributed by atoms with Gasteiger partial charge in [-0.05, 0) is 51.0 Å². The normalized spacial score (nSPS) is 12.5. The number of benzene rings is 2. The highest BCUT2D eigenvalue weighted by atomic mass is 16.5. The molecule has 2 aromatic carbocycles. The lowest BCUT2D eigenvalue weighted by Crippen LogP contribution is -2.41. The topological polar surface area (TPSA) is 38.3 Å². The first-order chi connectivity index (χ1) is 10.9. The number of amides is 1. The summed E-state index contributed by atoms with van der Waals surface area (Å²) >= 11 is 0. The third-order valence-electron chi connectivity index (χ3n) is 4.10. The Bertz CT molecular complexity index is 632. The standard InChI is InChI=1S/C20H25NO2/c1-5-23-18-13-11-16(12-14-18)15(2)21-19(22)20(3,4)17-9-7-6-8-10-17/h6-15H,5H2,1-4H3,(H,21,22)/t15-/m1/s1. The molecule has 3 heteroatoms. The first-order valence-electron chi connectivity index (χ1n) is 8.04. The van der Waals surface area contributed by atoms with Gasteiger partial charge in [-0.2, -0.15) is 0 Å². The van der Waals surface area contributed by atoms with Crippen molar-refractivity contribution in [2.45, 2.75) is 39.2 Å². The van der Waals surface area contributed by atoms with Crippen molar-refractivity contribution < 1.29 is 9.53 Å². The van der Waals surface area contributed by atoms with E-state index in [0.29, 0.717) is 6.61 Å². The molecule has 1 N–H and O–H groups in total. The van der Waals surface area contributed by atoms with E-state index in [1.165, 1.54) is 0 Å². The zero-order valence-electron chi connectivity index (χ0n) is 14.3. The van der Waals surface area contributed by atoms with Crippen molar-refractivity contribution in [3.05, 3.63) is 65.7 Å². The highest BCUT2D eigenvalue weighted by Crippen LogP contribution is 2.25. The molecule has 0 aliphatic heterocycles. The molecule has 0 fully saturated rings. The van der Waals surface area contributed by atoms with Crippen molar-refractivity contribution in [2.75, 3.05) is 6.61 Å². The highest BCUT2D eigenvalue weighted by molar-refractivity contribution is 5.87. The number of nitrogens with one attached hydrogen (secondary N) is 1. The molecule has 0 heterocycles. The van der Waals surface area contributed by atoms with Crippen molar-refractivity contribution in [3.8, 4) is 5.75 Å². The van der Waals surface area contributed by atoms with Gasteiger partial charge in [0.2, 0.25) is 5.91 Å². The zero-order chi connectivity index (χ0) is 16.9. The van der Waals surface area contributed by atoms with Gasteiger partial charge in [-0.1, -0.05) is 42.5 Å². The molecule has 0 spiro atoms. The Hall–Kier alpha value is -2.29. The van der Waals surface area contributed by atoms with Gasteiger partial charge in [-0.15, -0.1) is 0 Å². The van der Waals surface area contributed by atoms with Crippen LogP contribution in [0.1, 0.15) is 44.9 Å². The molecule has 1 amide bonds. The van der Waals surface area contributed by atoms with Gasteiger partial charge in [-0.25, -0.2) is 0 Å². The van der Waals surface area contributed by atoms with Crippen molar-refractivity contribution in [2.24, 2.45) is 0 Å². The second-order valence-electron chi connectivity index (χ2n) is 6.19. The molecule has 2 rings (SSSR count). The smallest absolute Gasteiger partial charge is 0.230 e. The highest BCUT2D eigenvalue weighted by Gasteiger charge is 2.30. The van der Waals surface area contributed by atoms with Crippen LogP contribution in [0.4, 0.5) is 0 Å². The SMILES string of the molecule is CCOc1ccc([C@@H](C)NC(=O)C(C)(C)c2ccccc2)cc1. The minimum Gasteiger partial charge on any atom is -0.494 e. The molecule has 122 valence electrons. The van der Waals surface area contributed by atoms with Gasteiger partial charge in [0, 0.05) is 0 Å². The van der Waals surface area contributed by atoms with Crippen molar-refractivity contribution in [1.82, 2.24) is 5.32 Å². The maximum Gasteiger partial charge on any atom is 0.230 e. The summed E-state index contributed by atoms with van der Waals surface area (Å²) in [6, 6.07) is 17.6. The molecule has 2 aromatic rings. The molecule has 0 bridgehead atoms. The first-order valence-corrected chi connectivity index (χ1v) is 8.04. The van der Waals surface area contributed by atoms with E-state index in [2.05, 4.69) is 5.32 Å². The number of carbonyl (C=O) groups excluding carboxylic acids is 1. The number of rotatable bonds is 6. The van der Waals surface area contributed by atoms with Crippen LogP contribution in [0.25, 0.3) is 0 Å². The van der Waals surface area contributed by atoms with Crippen LogP contribution >= 0.6 is 0 Å². The molecular weight excluding hydrogens is 286 g/mol. The summed E-state index contributed by atoms with van der Waals surface area (Å²) < 4.78 is 5.45. The van der Waals surface area contributed by atoms with Crippen LogP contribution < -0.4 is 10.1 Å². The Labute approximate surface area is 138 Å². The summed E-state index contributed by atoms with van der Waals surface area (Å²) in [6.07, 6.45) is 0. The van der Waals surface area contributed by atoms with Crippen molar-refractivity contribution >= 4 is 5.91 Å². The fourth-order valence-corrected chi connectivity index (χ4v) is 2.47. The van der Waals surface area contributed by atoms with E-state index in [1.54, 1.807) is 0 Å². The summed E-state index contributed by atoms with van der Waals surface area (Å²) in [5.74, 6) is 0.865. The molecular formula is C20H25NO2. The minimum absolute atomic E-state index is 0.0186. The molecule has 1 atom stereocenters. The largest absolute Gasteiger partial charge is 0.494 e. The molecule has 0 unspecified atom stereocenters. The van der Waals surface area contributed by atoms with Gasteiger partial charge in [-0.3, -0.25) is 4.79 Å². The third-order valence-corrected chi connectivity index (χ3v) is 4.10. The summed E-state index contributed by atoms with van der Waals surface area (Å²) in [4.78, 5) is 12.7. The average molecular weight is 311 g/mol. The van der Waals surface area contributed by atoms with Gasteiger partial charge < -0.3 is 10.1 Å².